The average Bonchev–Trinajstić information content (AvgIpc) is 2.52. The third-order valence-corrected chi connectivity index (χ3v) is 3.92. The molecular weight excluding hydrogens is 260 g/mol. The van der Waals surface area contributed by atoms with E-state index >= 15 is 0 Å². The molecule has 0 fully saturated rings. The number of hydrogen-bond acceptors (Lipinski definition) is 2. The minimum Gasteiger partial charge on any atom is -0.490 e. The second-order valence-corrected chi connectivity index (χ2v) is 5.58. The van der Waals surface area contributed by atoms with E-state index in [9.17, 15) is 5.11 Å². The molecule has 2 aromatic carbocycles. The van der Waals surface area contributed by atoms with Gasteiger partial charge in [0, 0.05) is 0 Å². The molecule has 0 radical (unpaired) electrons. The number of benzene rings is 2. The summed E-state index contributed by atoms with van der Waals surface area (Å²) in [7, 11) is 0. The zero-order chi connectivity index (χ0) is 15.2. The highest BCUT2D eigenvalue weighted by molar-refractivity contribution is 5.36. The average molecular weight is 284 g/mol. The molecule has 0 aliphatic rings. The smallest absolute Gasteiger partial charge is 0.122 e. The van der Waals surface area contributed by atoms with E-state index in [1.807, 2.05) is 49.4 Å². The highest BCUT2D eigenvalue weighted by Gasteiger charge is 2.12. The van der Waals surface area contributed by atoms with Crippen LogP contribution < -0.4 is 4.74 Å². The first-order chi connectivity index (χ1) is 10.1. The van der Waals surface area contributed by atoms with Crippen molar-refractivity contribution in [3.63, 3.8) is 0 Å². The molecule has 2 aromatic rings. The molecule has 0 aliphatic heterocycles. The Morgan fingerprint density at radius 1 is 1.05 bits per heavy atom. The molecule has 2 nitrogen and oxygen atoms in total. The fraction of sp³-hybridized carbons (Fsp3) is 0.368. The number of para-hydroxylation sites is 1. The normalized spacial score (nSPS) is 13.7. The number of aliphatic hydroxyl groups is 1. The topological polar surface area (TPSA) is 29.5 Å². The van der Waals surface area contributed by atoms with Gasteiger partial charge in [-0.1, -0.05) is 61.9 Å². The Hall–Kier alpha value is -1.80. The fourth-order valence-electron chi connectivity index (χ4n) is 2.29. The lowest BCUT2D eigenvalue weighted by atomic mass is 9.98. The standard InChI is InChI=1S/C19H24O2/c1-4-15(3)17-7-5-6-8-19(17)21-13-18(20)16-11-9-14(2)10-12-16/h5-12,15,18,20H,4,13H2,1-3H3. The molecule has 2 atom stereocenters. The summed E-state index contributed by atoms with van der Waals surface area (Å²) in [5.74, 6) is 1.33. The van der Waals surface area contributed by atoms with Gasteiger partial charge in [-0.25, -0.2) is 0 Å². The van der Waals surface area contributed by atoms with Crippen molar-refractivity contribution in [3.05, 3.63) is 65.2 Å². The minimum atomic E-state index is -0.601. The number of rotatable bonds is 6. The van der Waals surface area contributed by atoms with Crippen molar-refractivity contribution in [2.45, 2.75) is 39.2 Å². The molecule has 1 N–H and O–H groups in total. The molecule has 0 heterocycles. The molecule has 21 heavy (non-hydrogen) atoms. The lowest BCUT2D eigenvalue weighted by molar-refractivity contribution is 0.107. The van der Waals surface area contributed by atoms with Crippen LogP contribution in [-0.2, 0) is 0 Å². The summed E-state index contributed by atoms with van der Waals surface area (Å²) in [4.78, 5) is 0. The lowest BCUT2D eigenvalue weighted by Gasteiger charge is -2.18. The maximum atomic E-state index is 10.2. The van der Waals surface area contributed by atoms with Crippen LogP contribution in [-0.4, -0.2) is 11.7 Å². The summed E-state index contributed by atoms with van der Waals surface area (Å²) in [6.45, 7) is 6.67. The number of aliphatic hydroxyl groups excluding tert-OH is 1. The number of aryl methyl sites for hydroxylation is 1. The molecular formula is C19H24O2. The molecule has 0 saturated carbocycles. The molecule has 0 spiro atoms. The molecule has 0 bridgehead atoms. The Morgan fingerprint density at radius 3 is 2.38 bits per heavy atom. The van der Waals surface area contributed by atoms with Crippen molar-refractivity contribution >= 4 is 0 Å². The highest BCUT2D eigenvalue weighted by atomic mass is 16.5. The molecule has 2 unspecified atom stereocenters. The number of hydrogen-bond donors (Lipinski definition) is 1. The maximum Gasteiger partial charge on any atom is 0.122 e. The van der Waals surface area contributed by atoms with Crippen molar-refractivity contribution in [2.75, 3.05) is 6.61 Å². The second-order valence-electron chi connectivity index (χ2n) is 5.58. The van der Waals surface area contributed by atoms with E-state index in [1.165, 1.54) is 11.1 Å². The van der Waals surface area contributed by atoms with Crippen LogP contribution in [0, 0.1) is 6.92 Å². The highest BCUT2D eigenvalue weighted by Crippen LogP contribution is 2.29. The van der Waals surface area contributed by atoms with Crippen LogP contribution in [0.3, 0.4) is 0 Å². The van der Waals surface area contributed by atoms with E-state index in [0.717, 1.165) is 17.7 Å². The van der Waals surface area contributed by atoms with Crippen molar-refractivity contribution in [3.8, 4) is 5.75 Å². The molecule has 2 rings (SSSR count). The summed E-state index contributed by atoms with van der Waals surface area (Å²) < 4.78 is 5.86. The van der Waals surface area contributed by atoms with Gasteiger partial charge in [0.2, 0.25) is 0 Å². The molecule has 0 saturated heterocycles. The van der Waals surface area contributed by atoms with Crippen LogP contribution in [0.4, 0.5) is 0 Å². The summed E-state index contributed by atoms with van der Waals surface area (Å²) in [6, 6.07) is 16.0. The second kappa shape index (κ2) is 7.28. The molecule has 0 amide bonds. The first kappa shape index (κ1) is 15.6. The molecule has 0 aromatic heterocycles. The van der Waals surface area contributed by atoms with Crippen LogP contribution in [0.1, 0.15) is 49.0 Å². The first-order valence-electron chi connectivity index (χ1n) is 7.58. The quantitative estimate of drug-likeness (QED) is 0.838. The van der Waals surface area contributed by atoms with E-state index in [1.54, 1.807) is 0 Å². The summed E-state index contributed by atoms with van der Waals surface area (Å²) in [5, 5.41) is 10.2. The van der Waals surface area contributed by atoms with Crippen molar-refractivity contribution in [2.24, 2.45) is 0 Å². The summed E-state index contributed by atoms with van der Waals surface area (Å²) >= 11 is 0. The minimum absolute atomic E-state index is 0.274. The van der Waals surface area contributed by atoms with Crippen molar-refractivity contribution in [1.82, 2.24) is 0 Å². The van der Waals surface area contributed by atoms with Gasteiger partial charge in [-0.3, -0.25) is 0 Å². The zero-order valence-corrected chi connectivity index (χ0v) is 13.0. The predicted octanol–water partition coefficient (Wildman–Crippen LogP) is 4.62. The predicted molar refractivity (Wildman–Crippen MR) is 86.8 cm³/mol. The Morgan fingerprint density at radius 2 is 1.71 bits per heavy atom. The third-order valence-electron chi connectivity index (χ3n) is 3.92. The zero-order valence-electron chi connectivity index (χ0n) is 13.0. The molecule has 112 valence electrons. The fourth-order valence-corrected chi connectivity index (χ4v) is 2.29. The van der Waals surface area contributed by atoms with Crippen LogP contribution in [0.25, 0.3) is 0 Å². The van der Waals surface area contributed by atoms with Crippen LogP contribution >= 0.6 is 0 Å². The largest absolute Gasteiger partial charge is 0.490 e. The van der Waals surface area contributed by atoms with Gasteiger partial charge in [0.15, 0.2) is 0 Å². The van der Waals surface area contributed by atoms with Gasteiger partial charge in [-0.15, -0.1) is 0 Å². The Labute approximate surface area is 127 Å². The van der Waals surface area contributed by atoms with E-state index in [2.05, 4.69) is 19.9 Å². The van der Waals surface area contributed by atoms with E-state index < -0.39 is 6.10 Å². The van der Waals surface area contributed by atoms with Gasteiger partial charge in [-0.2, -0.15) is 0 Å². The van der Waals surface area contributed by atoms with Gasteiger partial charge in [-0.05, 0) is 36.5 Å². The van der Waals surface area contributed by atoms with Gasteiger partial charge in [0.1, 0.15) is 18.5 Å². The summed E-state index contributed by atoms with van der Waals surface area (Å²) in [5.41, 5.74) is 3.28. The van der Waals surface area contributed by atoms with Crippen LogP contribution in [0.15, 0.2) is 48.5 Å². The Bertz CT molecular complexity index is 560. The van der Waals surface area contributed by atoms with Crippen LogP contribution in [0.2, 0.25) is 0 Å². The monoisotopic (exact) mass is 284 g/mol. The Kier molecular flexibility index (Phi) is 5.40. The van der Waals surface area contributed by atoms with Gasteiger partial charge < -0.3 is 9.84 Å². The van der Waals surface area contributed by atoms with Gasteiger partial charge >= 0.3 is 0 Å². The Balaban J connectivity index is 2.04. The van der Waals surface area contributed by atoms with Crippen molar-refractivity contribution < 1.29 is 9.84 Å². The van der Waals surface area contributed by atoms with E-state index in [-0.39, 0.29) is 6.61 Å². The van der Waals surface area contributed by atoms with Gasteiger partial charge in [0.05, 0.1) is 0 Å². The van der Waals surface area contributed by atoms with Gasteiger partial charge in [0.25, 0.3) is 0 Å². The summed E-state index contributed by atoms with van der Waals surface area (Å²) in [6.07, 6.45) is 0.469. The van der Waals surface area contributed by atoms with Crippen molar-refractivity contribution in [1.29, 1.82) is 0 Å². The molecule has 0 aliphatic carbocycles. The lowest BCUT2D eigenvalue weighted by Crippen LogP contribution is -2.11. The number of ether oxygens (including phenoxy) is 1. The van der Waals surface area contributed by atoms with E-state index in [0.29, 0.717) is 5.92 Å². The maximum absolute atomic E-state index is 10.2. The van der Waals surface area contributed by atoms with E-state index in [4.69, 9.17) is 4.74 Å². The van der Waals surface area contributed by atoms with Crippen LogP contribution in [0.5, 0.6) is 5.75 Å². The first-order valence-corrected chi connectivity index (χ1v) is 7.58. The third kappa shape index (κ3) is 4.08. The SMILES string of the molecule is CCC(C)c1ccccc1OCC(O)c1ccc(C)cc1. The molecule has 2 heteroatoms.